The SMILES string of the molecule is COc1ccc2c(c1)NC(c1ccc(C(F)(F)F)cc1)=NC(c1ccc(F)cc1)=N2. The van der Waals surface area contributed by atoms with Crippen LogP contribution in [0.1, 0.15) is 16.7 Å². The molecule has 4 nitrogen and oxygen atoms in total. The molecule has 1 heterocycles. The minimum Gasteiger partial charge on any atom is -0.497 e. The molecular weight excluding hydrogens is 398 g/mol. The predicted molar refractivity (Wildman–Crippen MR) is 107 cm³/mol. The maximum atomic E-state index is 13.3. The highest BCUT2D eigenvalue weighted by atomic mass is 19.4. The van der Waals surface area contributed by atoms with Gasteiger partial charge in [0.15, 0.2) is 5.84 Å². The summed E-state index contributed by atoms with van der Waals surface area (Å²) in [6.45, 7) is 0. The van der Waals surface area contributed by atoms with E-state index < -0.39 is 17.6 Å². The van der Waals surface area contributed by atoms with E-state index in [9.17, 15) is 17.6 Å². The molecule has 30 heavy (non-hydrogen) atoms. The zero-order valence-corrected chi connectivity index (χ0v) is 15.7. The number of halogens is 4. The lowest BCUT2D eigenvalue weighted by Crippen LogP contribution is -2.15. The minimum atomic E-state index is -4.43. The number of amidine groups is 2. The van der Waals surface area contributed by atoms with E-state index in [0.29, 0.717) is 39.9 Å². The van der Waals surface area contributed by atoms with Gasteiger partial charge in [0.05, 0.1) is 24.0 Å². The minimum absolute atomic E-state index is 0.293. The molecule has 0 aliphatic carbocycles. The summed E-state index contributed by atoms with van der Waals surface area (Å²) < 4.78 is 57.3. The van der Waals surface area contributed by atoms with Gasteiger partial charge in [-0.3, -0.25) is 0 Å². The zero-order valence-electron chi connectivity index (χ0n) is 15.7. The first-order valence-corrected chi connectivity index (χ1v) is 8.89. The Morgan fingerprint density at radius 2 is 1.50 bits per heavy atom. The Morgan fingerprint density at radius 1 is 0.833 bits per heavy atom. The van der Waals surface area contributed by atoms with Gasteiger partial charge in [-0.2, -0.15) is 13.2 Å². The Balaban J connectivity index is 1.82. The van der Waals surface area contributed by atoms with Crippen LogP contribution in [0.3, 0.4) is 0 Å². The van der Waals surface area contributed by atoms with Crippen molar-refractivity contribution in [3.05, 3.63) is 89.2 Å². The molecule has 1 N–H and O–H groups in total. The van der Waals surface area contributed by atoms with Crippen molar-refractivity contribution in [2.75, 3.05) is 12.4 Å². The molecule has 0 bridgehead atoms. The first-order valence-electron chi connectivity index (χ1n) is 8.89. The number of alkyl halides is 3. The highest BCUT2D eigenvalue weighted by Crippen LogP contribution is 2.33. The molecular formula is C22H15F4N3O. The summed E-state index contributed by atoms with van der Waals surface area (Å²) in [5.41, 5.74) is 1.38. The maximum absolute atomic E-state index is 13.3. The van der Waals surface area contributed by atoms with Crippen molar-refractivity contribution in [2.24, 2.45) is 9.98 Å². The summed E-state index contributed by atoms with van der Waals surface area (Å²) in [6, 6.07) is 15.5. The van der Waals surface area contributed by atoms with E-state index in [4.69, 9.17) is 4.74 Å². The number of aliphatic imine (C=N–C) groups is 2. The van der Waals surface area contributed by atoms with Crippen LogP contribution < -0.4 is 10.1 Å². The molecule has 4 rings (SSSR count). The number of rotatable bonds is 3. The van der Waals surface area contributed by atoms with Gasteiger partial charge in [-0.05, 0) is 48.5 Å². The van der Waals surface area contributed by atoms with Crippen LogP contribution in [-0.2, 0) is 6.18 Å². The molecule has 152 valence electrons. The van der Waals surface area contributed by atoms with E-state index in [1.165, 1.54) is 43.5 Å². The average Bonchev–Trinajstić information content (AvgIpc) is 2.93. The summed E-state index contributed by atoms with van der Waals surface area (Å²) in [6.07, 6.45) is -4.43. The molecule has 0 aromatic heterocycles. The predicted octanol–water partition coefficient (Wildman–Crippen LogP) is 5.80. The summed E-state index contributed by atoms with van der Waals surface area (Å²) in [4.78, 5) is 9.07. The van der Waals surface area contributed by atoms with Gasteiger partial charge >= 0.3 is 6.18 Å². The second-order valence-corrected chi connectivity index (χ2v) is 6.49. The fourth-order valence-electron chi connectivity index (χ4n) is 2.92. The van der Waals surface area contributed by atoms with Crippen molar-refractivity contribution >= 4 is 23.0 Å². The molecule has 0 atom stereocenters. The molecule has 1 aliphatic rings. The second kappa shape index (κ2) is 7.62. The number of methoxy groups -OCH3 is 1. The van der Waals surface area contributed by atoms with Gasteiger partial charge in [0.25, 0.3) is 0 Å². The fraction of sp³-hybridized carbons (Fsp3) is 0.0909. The number of hydrogen-bond donors (Lipinski definition) is 1. The van der Waals surface area contributed by atoms with Crippen LogP contribution in [0.15, 0.2) is 76.7 Å². The van der Waals surface area contributed by atoms with Gasteiger partial charge in [-0.25, -0.2) is 14.4 Å². The smallest absolute Gasteiger partial charge is 0.416 e. The first kappa shape index (κ1) is 19.6. The lowest BCUT2D eigenvalue weighted by Gasteiger charge is -2.12. The zero-order chi connectivity index (χ0) is 21.3. The molecule has 0 radical (unpaired) electrons. The molecule has 0 saturated carbocycles. The summed E-state index contributed by atoms with van der Waals surface area (Å²) in [5.74, 6) is 0.775. The van der Waals surface area contributed by atoms with Crippen molar-refractivity contribution in [1.29, 1.82) is 0 Å². The average molecular weight is 413 g/mol. The maximum Gasteiger partial charge on any atom is 0.416 e. The largest absolute Gasteiger partial charge is 0.497 e. The number of hydrogen-bond acceptors (Lipinski definition) is 4. The molecule has 8 heteroatoms. The molecule has 0 amide bonds. The van der Waals surface area contributed by atoms with Gasteiger partial charge in [-0.15, -0.1) is 0 Å². The Hall–Kier alpha value is -3.68. The third-order valence-electron chi connectivity index (χ3n) is 4.49. The molecule has 3 aromatic rings. The lowest BCUT2D eigenvalue weighted by molar-refractivity contribution is -0.137. The third-order valence-corrected chi connectivity index (χ3v) is 4.49. The van der Waals surface area contributed by atoms with Crippen LogP contribution in [0, 0.1) is 5.82 Å². The first-order chi connectivity index (χ1) is 14.3. The Labute approximate surface area is 169 Å². The number of fused-ring (bicyclic) bond motifs is 1. The third kappa shape index (κ3) is 4.03. The Kier molecular flexibility index (Phi) is 4.99. The van der Waals surface area contributed by atoms with Crippen molar-refractivity contribution in [1.82, 2.24) is 0 Å². The van der Waals surface area contributed by atoms with Gasteiger partial charge in [0.1, 0.15) is 17.4 Å². The van der Waals surface area contributed by atoms with E-state index in [0.717, 1.165) is 12.1 Å². The molecule has 1 aliphatic heterocycles. The van der Waals surface area contributed by atoms with Crippen molar-refractivity contribution in [3.63, 3.8) is 0 Å². The standard InChI is InChI=1S/C22H15F4N3O/c1-30-17-10-11-18-19(12-17)28-21(13-2-6-15(7-3-13)22(24,25)26)29-20(27-18)14-4-8-16(23)9-5-14/h2-12H,1H3,(H,27,28,29). The molecule has 0 saturated heterocycles. The van der Waals surface area contributed by atoms with Crippen LogP contribution in [0.25, 0.3) is 0 Å². The molecule has 0 unspecified atom stereocenters. The van der Waals surface area contributed by atoms with E-state index >= 15 is 0 Å². The number of anilines is 1. The van der Waals surface area contributed by atoms with Gasteiger partial charge in [-0.1, -0.05) is 12.1 Å². The van der Waals surface area contributed by atoms with Crippen LogP contribution >= 0.6 is 0 Å². The number of ether oxygens (including phenoxy) is 1. The number of nitrogens with one attached hydrogen (secondary N) is 1. The highest BCUT2D eigenvalue weighted by Gasteiger charge is 2.30. The van der Waals surface area contributed by atoms with E-state index in [2.05, 4.69) is 15.3 Å². The fourth-order valence-corrected chi connectivity index (χ4v) is 2.92. The van der Waals surface area contributed by atoms with E-state index in [-0.39, 0.29) is 0 Å². The lowest BCUT2D eigenvalue weighted by atomic mass is 10.1. The monoisotopic (exact) mass is 413 g/mol. The number of benzene rings is 3. The second-order valence-electron chi connectivity index (χ2n) is 6.49. The molecule has 0 spiro atoms. The topological polar surface area (TPSA) is 46.0 Å². The van der Waals surface area contributed by atoms with Crippen molar-refractivity contribution in [3.8, 4) is 5.75 Å². The Morgan fingerprint density at radius 3 is 2.13 bits per heavy atom. The quantitative estimate of drug-likeness (QED) is 0.552. The van der Waals surface area contributed by atoms with Crippen molar-refractivity contribution < 1.29 is 22.3 Å². The van der Waals surface area contributed by atoms with Crippen molar-refractivity contribution in [2.45, 2.75) is 6.18 Å². The molecule has 3 aromatic carbocycles. The molecule has 0 fully saturated rings. The van der Waals surface area contributed by atoms with Crippen LogP contribution in [-0.4, -0.2) is 18.8 Å². The normalized spacial score (nSPS) is 13.5. The number of nitrogens with zero attached hydrogens (tertiary/aromatic N) is 2. The van der Waals surface area contributed by atoms with E-state index in [1.807, 2.05) is 0 Å². The van der Waals surface area contributed by atoms with Gasteiger partial charge in [0.2, 0.25) is 0 Å². The van der Waals surface area contributed by atoms with Crippen LogP contribution in [0.5, 0.6) is 5.75 Å². The van der Waals surface area contributed by atoms with Gasteiger partial charge < -0.3 is 10.1 Å². The highest BCUT2D eigenvalue weighted by molar-refractivity contribution is 6.19. The van der Waals surface area contributed by atoms with Crippen LogP contribution in [0.4, 0.5) is 28.9 Å². The van der Waals surface area contributed by atoms with E-state index in [1.54, 1.807) is 18.2 Å². The summed E-state index contributed by atoms with van der Waals surface area (Å²) >= 11 is 0. The van der Waals surface area contributed by atoms with Crippen LogP contribution in [0.2, 0.25) is 0 Å². The summed E-state index contributed by atoms with van der Waals surface area (Å²) in [5, 5.41) is 3.12. The van der Waals surface area contributed by atoms with Gasteiger partial charge in [0, 0.05) is 17.2 Å². The summed E-state index contributed by atoms with van der Waals surface area (Å²) in [7, 11) is 1.52. The Bertz CT molecular complexity index is 1130.